The minimum Gasteiger partial charge on any atom is -0.306 e. The molecule has 0 spiro atoms. The van der Waals surface area contributed by atoms with E-state index in [9.17, 15) is 0 Å². The summed E-state index contributed by atoms with van der Waals surface area (Å²) in [5.41, 5.74) is 11.5. The molecule has 4 nitrogen and oxygen atoms in total. The lowest BCUT2D eigenvalue weighted by Gasteiger charge is -2.40. The molecule has 2 heterocycles. The van der Waals surface area contributed by atoms with Crippen LogP contribution in [0.4, 0.5) is 34.1 Å². The third kappa shape index (κ3) is 4.07. The van der Waals surface area contributed by atoms with Gasteiger partial charge in [-0.25, -0.2) is 4.98 Å². The molecule has 0 atom stereocenters. The number of nitriles is 1. The molecule has 0 saturated carbocycles. The number of benzene rings is 5. The molecular formula is C36H24N4. The third-order valence-electron chi connectivity index (χ3n) is 7.28. The molecule has 0 bridgehead atoms. The first-order valence-corrected chi connectivity index (χ1v) is 13.2. The molecule has 0 saturated heterocycles. The van der Waals surface area contributed by atoms with Gasteiger partial charge >= 0.3 is 0 Å². The zero-order chi connectivity index (χ0) is 26.9. The van der Waals surface area contributed by atoms with Crippen LogP contribution in [-0.4, -0.2) is 4.98 Å². The van der Waals surface area contributed by atoms with Gasteiger partial charge in [-0.05, 0) is 77.4 Å². The molecule has 1 aromatic heterocycles. The average Bonchev–Trinajstić information content (AvgIpc) is 3.04. The van der Waals surface area contributed by atoms with Crippen LogP contribution >= 0.6 is 0 Å². The van der Waals surface area contributed by atoms with Gasteiger partial charge in [-0.15, -0.1) is 0 Å². The summed E-state index contributed by atoms with van der Waals surface area (Å²) in [6, 6.07) is 50.6. The van der Waals surface area contributed by atoms with E-state index in [4.69, 9.17) is 5.26 Å². The summed E-state index contributed by atoms with van der Waals surface area (Å²) in [5, 5.41) is 9.03. The molecule has 188 valence electrons. The SMILES string of the molecule is N#Cc1ccc(-c2ccc(-c3cccc(N4c5ccccc5N(c5ccccc5)c5ccccc54)c3)cc2)cn1. The molecule has 0 unspecified atom stereocenters. The lowest BCUT2D eigenvalue weighted by Crippen LogP contribution is -2.23. The number of pyridine rings is 1. The van der Waals surface area contributed by atoms with E-state index in [0.717, 1.165) is 56.4 Å². The van der Waals surface area contributed by atoms with Crippen molar-refractivity contribution in [1.29, 1.82) is 5.26 Å². The van der Waals surface area contributed by atoms with E-state index in [-0.39, 0.29) is 0 Å². The van der Waals surface area contributed by atoms with Gasteiger partial charge in [-0.1, -0.05) is 78.9 Å². The van der Waals surface area contributed by atoms with E-state index < -0.39 is 0 Å². The third-order valence-corrected chi connectivity index (χ3v) is 7.28. The predicted octanol–water partition coefficient (Wildman–Crippen LogP) is 9.54. The van der Waals surface area contributed by atoms with Gasteiger partial charge in [0.25, 0.3) is 0 Å². The maximum absolute atomic E-state index is 9.03. The lowest BCUT2D eigenvalue weighted by molar-refractivity contribution is 1.17. The highest BCUT2D eigenvalue weighted by atomic mass is 15.3. The van der Waals surface area contributed by atoms with Crippen LogP contribution in [0, 0.1) is 11.3 Å². The number of anilines is 6. The molecule has 4 heteroatoms. The van der Waals surface area contributed by atoms with Crippen LogP contribution in [0.3, 0.4) is 0 Å². The Morgan fingerprint density at radius 1 is 0.450 bits per heavy atom. The van der Waals surface area contributed by atoms with Crippen LogP contribution in [0.25, 0.3) is 22.3 Å². The van der Waals surface area contributed by atoms with Gasteiger partial charge in [0.05, 0.1) is 22.7 Å². The maximum Gasteiger partial charge on any atom is 0.140 e. The Hall–Kier alpha value is -5.66. The molecule has 1 aliphatic rings. The Balaban J connectivity index is 1.29. The molecule has 7 rings (SSSR count). The second-order valence-electron chi connectivity index (χ2n) is 9.66. The van der Waals surface area contributed by atoms with Gasteiger partial charge in [0.1, 0.15) is 11.8 Å². The molecule has 0 fully saturated rings. The Morgan fingerprint density at radius 2 is 0.950 bits per heavy atom. The van der Waals surface area contributed by atoms with Crippen LogP contribution in [-0.2, 0) is 0 Å². The van der Waals surface area contributed by atoms with Crippen LogP contribution in [0.15, 0.2) is 146 Å². The normalized spacial score (nSPS) is 11.9. The van der Waals surface area contributed by atoms with Crippen molar-refractivity contribution in [2.45, 2.75) is 0 Å². The number of hydrogen-bond acceptors (Lipinski definition) is 4. The van der Waals surface area contributed by atoms with Crippen molar-refractivity contribution in [3.05, 3.63) is 151 Å². The average molecular weight is 513 g/mol. The van der Waals surface area contributed by atoms with Crippen molar-refractivity contribution in [2.24, 2.45) is 0 Å². The fourth-order valence-electron chi connectivity index (χ4n) is 5.39. The van der Waals surface area contributed by atoms with E-state index in [1.807, 2.05) is 6.07 Å². The van der Waals surface area contributed by atoms with Crippen molar-refractivity contribution in [3.63, 3.8) is 0 Å². The van der Waals surface area contributed by atoms with Crippen LogP contribution in [0.1, 0.15) is 5.69 Å². The molecule has 0 aliphatic carbocycles. The van der Waals surface area contributed by atoms with Crippen molar-refractivity contribution in [3.8, 4) is 28.3 Å². The van der Waals surface area contributed by atoms with Gasteiger partial charge in [0.2, 0.25) is 0 Å². The van der Waals surface area contributed by atoms with Crippen molar-refractivity contribution in [1.82, 2.24) is 4.98 Å². The zero-order valence-electron chi connectivity index (χ0n) is 21.6. The summed E-state index contributed by atoms with van der Waals surface area (Å²) in [6.07, 6.45) is 1.75. The predicted molar refractivity (Wildman–Crippen MR) is 163 cm³/mol. The Bertz CT molecular complexity index is 1810. The molecule has 5 aromatic carbocycles. The fraction of sp³-hybridized carbons (Fsp3) is 0. The van der Waals surface area contributed by atoms with Crippen molar-refractivity contribution in [2.75, 3.05) is 9.80 Å². The number of aromatic nitrogens is 1. The molecule has 40 heavy (non-hydrogen) atoms. The second kappa shape index (κ2) is 9.90. The van der Waals surface area contributed by atoms with Gasteiger partial charge < -0.3 is 9.80 Å². The van der Waals surface area contributed by atoms with E-state index in [1.165, 1.54) is 0 Å². The highest BCUT2D eigenvalue weighted by Crippen LogP contribution is 2.54. The topological polar surface area (TPSA) is 43.2 Å². The van der Waals surface area contributed by atoms with Crippen LogP contribution in [0.2, 0.25) is 0 Å². The second-order valence-corrected chi connectivity index (χ2v) is 9.66. The summed E-state index contributed by atoms with van der Waals surface area (Å²) in [6.45, 7) is 0. The van der Waals surface area contributed by atoms with E-state index in [2.05, 4.69) is 148 Å². The zero-order valence-corrected chi connectivity index (χ0v) is 21.6. The first kappa shape index (κ1) is 23.5. The minimum absolute atomic E-state index is 0.421. The summed E-state index contributed by atoms with van der Waals surface area (Å²) < 4.78 is 0. The largest absolute Gasteiger partial charge is 0.306 e. The van der Waals surface area contributed by atoms with E-state index in [1.54, 1.807) is 12.3 Å². The highest BCUT2D eigenvalue weighted by molar-refractivity contribution is 6.01. The van der Waals surface area contributed by atoms with E-state index >= 15 is 0 Å². The molecule has 0 amide bonds. The standard InChI is InChI=1S/C36H24N4/c37-24-30-22-21-29(25-38-30)27-19-17-26(18-20-27)28-9-8-12-32(23-28)40-35-15-6-4-13-33(35)39(31-10-2-1-3-11-31)34-14-5-7-16-36(34)40/h1-23,25H. The molecule has 0 radical (unpaired) electrons. The first-order valence-electron chi connectivity index (χ1n) is 13.2. The fourth-order valence-corrected chi connectivity index (χ4v) is 5.39. The first-order chi connectivity index (χ1) is 19.8. The smallest absolute Gasteiger partial charge is 0.140 e. The quantitative estimate of drug-likeness (QED) is 0.235. The van der Waals surface area contributed by atoms with Gasteiger partial charge in [-0.3, -0.25) is 0 Å². The maximum atomic E-state index is 9.03. The molecule has 1 aliphatic heterocycles. The van der Waals surface area contributed by atoms with E-state index in [0.29, 0.717) is 5.69 Å². The molecular weight excluding hydrogens is 488 g/mol. The van der Waals surface area contributed by atoms with Crippen LogP contribution in [0.5, 0.6) is 0 Å². The van der Waals surface area contributed by atoms with Gasteiger partial charge in [0.15, 0.2) is 0 Å². The van der Waals surface area contributed by atoms with Crippen molar-refractivity contribution < 1.29 is 0 Å². The summed E-state index contributed by atoms with van der Waals surface area (Å²) in [5.74, 6) is 0. The number of hydrogen-bond donors (Lipinski definition) is 0. The Labute approximate surface area is 233 Å². The molecule has 6 aromatic rings. The van der Waals surface area contributed by atoms with Gasteiger partial charge in [-0.2, -0.15) is 5.26 Å². The number of rotatable bonds is 4. The Morgan fingerprint density at radius 3 is 1.50 bits per heavy atom. The Kier molecular flexibility index (Phi) is 5.81. The number of para-hydroxylation sites is 5. The van der Waals surface area contributed by atoms with Gasteiger partial charge in [0, 0.05) is 23.1 Å². The lowest BCUT2D eigenvalue weighted by atomic mass is 9.99. The summed E-state index contributed by atoms with van der Waals surface area (Å²) >= 11 is 0. The number of nitrogens with zero attached hydrogens (tertiary/aromatic N) is 4. The molecule has 0 N–H and O–H groups in total. The monoisotopic (exact) mass is 512 g/mol. The summed E-state index contributed by atoms with van der Waals surface area (Å²) in [7, 11) is 0. The van der Waals surface area contributed by atoms with Crippen molar-refractivity contribution >= 4 is 34.1 Å². The number of fused-ring (bicyclic) bond motifs is 2. The highest BCUT2D eigenvalue weighted by Gasteiger charge is 2.29. The minimum atomic E-state index is 0.421. The van der Waals surface area contributed by atoms with Crippen LogP contribution < -0.4 is 9.80 Å². The summed E-state index contributed by atoms with van der Waals surface area (Å²) in [4.78, 5) is 8.90.